The third kappa shape index (κ3) is 2.87. The second-order valence-electron chi connectivity index (χ2n) is 4.64. The molecule has 0 bridgehead atoms. The molecule has 1 unspecified atom stereocenters. The molecule has 2 heterocycles. The third-order valence-corrected chi connectivity index (χ3v) is 5.50. The Morgan fingerprint density at radius 3 is 2.83 bits per heavy atom. The summed E-state index contributed by atoms with van der Waals surface area (Å²) in [4.78, 5) is 0. The Bertz CT molecular complexity index is 539. The zero-order valence-corrected chi connectivity index (χ0v) is 12.2. The Hall–Kier alpha value is -0.590. The number of nitrogens with one attached hydrogen (secondary N) is 1. The van der Waals surface area contributed by atoms with E-state index in [9.17, 15) is 8.42 Å². The van der Waals surface area contributed by atoms with Crippen LogP contribution in [0.1, 0.15) is 24.7 Å². The summed E-state index contributed by atoms with van der Waals surface area (Å²) in [5.74, 6) is 0.508. The van der Waals surface area contributed by atoms with Crippen LogP contribution in [-0.4, -0.2) is 35.7 Å². The van der Waals surface area contributed by atoms with Crippen LogP contribution in [0.15, 0.2) is 0 Å². The summed E-state index contributed by atoms with van der Waals surface area (Å²) in [5, 5.41) is 8.26. The Morgan fingerprint density at radius 2 is 2.28 bits per heavy atom. The summed E-state index contributed by atoms with van der Waals surface area (Å²) in [5.41, 5.74) is 1.75. The van der Waals surface area contributed by atoms with E-state index in [4.69, 9.17) is 11.6 Å². The van der Waals surface area contributed by atoms with Gasteiger partial charge in [0.2, 0.25) is 0 Å². The van der Waals surface area contributed by atoms with Gasteiger partial charge in [0, 0.05) is 19.1 Å². The fraction of sp³-hybridized carbons (Fsp3) is 0.727. The molecule has 102 valence electrons. The zero-order valence-electron chi connectivity index (χ0n) is 10.6. The molecule has 1 N–H and O–H groups in total. The van der Waals surface area contributed by atoms with Crippen LogP contribution in [0.5, 0.6) is 0 Å². The molecule has 1 atom stereocenters. The molecule has 0 aromatic carbocycles. The van der Waals surface area contributed by atoms with E-state index in [2.05, 4.69) is 10.4 Å². The Morgan fingerprint density at radius 1 is 1.56 bits per heavy atom. The molecule has 1 aliphatic heterocycles. The molecule has 0 aliphatic carbocycles. The van der Waals surface area contributed by atoms with Crippen LogP contribution in [0.3, 0.4) is 0 Å². The summed E-state index contributed by atoms with van der Waals surface area (Å²) < 4.78 is 24.6. The van der Waals surface area contributed by atoms with Crippen molar-refractivity contribution >= 4 is 21.4 Å². The lowest BCUT2D eigenvalue weighted by molar-refractivity contribution is 0.520. The minimum absolute atomic E-state index is 0.0339. The predicted octanol–water partition coefficient (Wildman–Crippen LogP) is 1.14. The number of hydrogen-bond donors (Lipinski definition) is 1. The summed E-state index contributed by atoms with van der Waals surface area (Å²) >= 11 is 6.19. The van der Waals surface area contributed by atoms with Gasteiger partial charge in [0.25, 0.3) is 0 Å². The molecule has 1 aromatic rings. The maximum atomic E-state index is 11.4. The number of aromatic nitrogens is 2. The van der Waals surface area contributed by atoms with Gasteiger partial charge in [-0.05, 0) is 20.3 Å². The van der Waals surface area contributed by atoms with Gasteiger partial charge in [-0.25, -0.2) is 8.42 Å². The molecule has 1 fully saturated rings. The first kappa shape index (κ1) is 13.8. The normalized spacial score (nSPS) is 22.5. The standard InChI is InChI=1S/C11H18ClN3O2S/c1-3-15-10(11(12)8(2)14-15)6-13-9-4-5-18(16,17)7-9/h9,13H,3-7H2,1-2H3. The van der Waals surface area contributed by atoms with Gasteiger partial charge in [0.05, 0.1) is 27.9 Å². The van der Waals surface area contributed by atoms with Crippen LogP contribution in [0.25, 0.3) is 0 Å². The predicted molar refractivity (Wildman–Crippen MR) is 71.5 cm³/mol. The molecule has 0 radical (unpaired) electrons. The number of hydrogen-bond acceptors (Lipinski definition) is 4. The molecule has 18 heavy (non-hydrogen) atoms. The van der Waals surface area contributed by atoms with E-state index in [1.54, 1.807) is 0 Å². The summed E-state index contributed by atoms with van der Waals surface area (Å²) in [6.07, 6.45) is 0.680. The number of rotatable bonds is 4. The van der Waals surface area contributed by atoms with Crippen molar-refractivity contribution in [2.45, 2.75) is 39.4 Å². The van der Waals surface area contributed by atoms with Gasteiger partial charge in [0.1, 0.15) is 0 Å². The molecule has 0 saturated carbocycles. The molecule has 1 saturated heterocycles. The molecule has 0 amide bonds. The second-order valence-corrected chi connectivity index (χ2v) is 7.25. The number of aryl methyl sites for hydroxylation is 2. The van der Waals surface area contributed by atoms with Gasteiger partial charge >= 0.3 is 0 Å². The van der Waals surface area contributed by atoms with E-state index in [-0.39, 0.29) is 17.5 Å². The highest BCUT2D eigenvalue weighted by Gasteiger charge is 2.27. The molecule has 1 aromatic heterocycles. The lowest BCUT2D eigenvalue weighted by Gasteiger charge is -2.11. The van der Waals surface area contributed by atoms with Gasteiger partial charge in [-0.2, -0.15) is 5.10 Å². The second kappa shape index (κ2) is 5.19. The van der Waals surface area contributed by atoms with E-state index in [1.807, 2.05) is 18.5 Å². The summed E-state index contributed by atoms with van der Waals surface area (Å²) in [7, 11) is -2.84. The van der Waals surface area contributed by atoms with Crippen LogP contribution in [0, 0.1) is 6.92 Å². The van der Waals surface area contributed by atoms with Gasteiger partial charge in [-0.1, -0.05) is 11.6 Å². The van der Waals surface area contributed by atoms with Crippen LogP contribution in [-0.2, 0) is 22.9 Å². The van der Waals surface area contributed by atoms with E-state index < -0.39 is 9.84 Å². The maximum absolute atomic E-state index is 11.4. The zero-order chi connectivity index (χ0) is 13.3. The van der Waals surface area contributed by atoms with E-state index in [0.29, 0.717) is 18.0 Å². The monoisotopic (exact) mass is 291 g/mol. The van der Waals surface area contributed by atoms with Gasteiger partial charge in [-0.3, -0.25) is 4.68 Å². The molecular weight excluding hydrogens is 274 g/mol. The van der Waals surface area contributed by atoms with E-state index in [0.717, 1.165) is 17.9 Å². The summed E-state index contributed by atoms with van der Waals surface area (Å²) in [6.45, 7) is 5.20. The first-order valence-electron chi connectivity index (χ1n) is 6.08. The van der Waals surface area contributed by atoms with Crippen molar-refractivity contribution < 1.29 is 8.42 Å². The van der Waals surface area contributed by atoms with Gasteiger partial charge in [-0.15, -0.1) is 0 Å². The van der Waals surface area contributed by atoms with E-state index in [1.165, 1.54) is 0 Å². The summed E-state index contributed by atoms with van der Waals surface area (Å²) in [6, 6.07) is 0.0339. The van der Waals surface area contributed by atoms with Crippen molar-refractivity contribution in [1.29, 1.82) is 0 Å². The van der Waals surface area contributed by atoms with Crippen molar-refractivity contribution in [2.24, 2.45) is 0 Å². The van der Waals surface area contributed by atoms with Crippen molar-refractivity contribution in [3.63, 3.8) is 0 Å². The fourth-order valence-corrected chi connectivity index (χ4v) is 4.14. The average molecular weight is 292 g/mol. The Balaban J connectivity index is 2.03. The quantitative estimate of drug-likeness (QED) is 0.904. The van der Waals surface area contributed by atoms with Crippen LogP contribution in [0.2, 0.25) is 5.02 Å². The number of sulfone groups is 1. The molecule has 0 spiro atoms. The lowest BCUT2D eigenvalue weighted by atomic mass is 10.2. The third-order valence-electron chi connectivity index (χ3n) is 3.24. The van der Waals surface area contributed by atoms with Crippen molar-refractivity contribution in [3.05, 3.63) is 16.4 Å². The lowest BCUT2D eigenvalue weighted by Crippen LogP contribution is -2.30. The minimum atomic E-state index is -2.84. The van der Waals surface area contributed by atoms with Crippen molar-refractivity contribution in [3.8, 4) is 0 Å². The molecule has 5 nitrogen and oxygen atoms in total. The largest absolute Gasteiger partial charge is 0.307 e. The number of halogens is 1. The Labute approximate surface area is 112 Å². The first-order valence-corrected chi connectivity index (χ1v) is 8.28. The topological polar surface area (TPSA) is 64.0 Å². The SMILES string of the molecule is CCn1nc(C)c(Cl)c1CNC1CCS(=O)(=O)C1. The fourth-order valence-electron chi connectivity index (χ4n) is 2.23. The number of nitrogens with zero attached hydrogens (tertiary/aromatic N) is 2. The first-order chi connectivity index (χ1) is 8.43. The highest BCUT2D eigenvalue weighted by Crippen LogP contribution is 2.21. The van der Waals surface area contributed by atoms with Gasteiger partial charge < -0.3 is 5.32 Å². The molecular formula is C11H18ClN3O2S. The van der Waals surface area contributed by atoms with Crippen molar-refractivity contribution in [1.82, 2.24) is 15.1 Å². The van der Waals surface area contributed by atoms with E-state index >= 15 is 0 Å². The highest BCUT2D eigenvalue weighted by molar-refractivity contribution is 7.91. The minimum Gasteiger partial charge on any atom is -0.307 e. The van der Waals surface area contributed by atoms with Crippen molar-refractivity contribution in [2.75, 3.05) is 11.5 Å². The molecule has 2 rings (SSSR count). The van der Waals surface area contributed by atoms with Crippen LogP contribution >= 0.6 is 11.6 Å². The smallest absolute Gasteiger partial charge is 0.151 e. The Kier molecular flexibility index (Phi) is 3.99. The van der Waals surface area contributed by atoms with Crippen LogP contribution < -0.4 is 5.32 Å². The maximum Gasteiger partial charge on any atom is 0.151 e. The van der Waals surface area contributed by atoms with Crippen LogP contribution in [0.4, 0.5) is 0 Å². The van der Waals surface area contributed by atoms with Gasteiger partial charge in [0.15, 0.2) is 9.84 Å². The molecule has 1 aliphatic rings. The molecule has 7 heteroatoms. The highest BCUT2D eigenvalue weighted by atomic mass is 35.5. The average Bonchev–Trinajstić information content (AvgIpc) is 2.78.